The van der Waals surface area contributed by atoms with Crippen molar-refractivity contribution < 1.29 is 18.8 Å². The molecule has 6 rings (SSSR count). The summed E-state index contributed by atoms with van der Waals surface area (Å²) in [6.45, 7) is 8.33. The largest absolute Gasteiger partial charge is 0.456 e. The van der Waals surface area contributed by atoms with Crippen molar-refractivity contribution in [3.05, 3.63) is 69.4 Å². The lowest BCUT2D eigenvalue weighted by Gasteiger charge is -2.38. The van der Waals surface area contributed by atoms with Crippen molar-refractivity contribution in [3.8, 4) is 11.3 Å². The topological polar surface area (TPSA) is 64.8 Å². The van der Waals surface area contributed by atoms with E-state index in [0.717, 1.165) is 42.7 Å². The average Bonchev–Trinajstić information content (AvgIpc) is 3.38. The Hall–Kier alpha value is -2.54. The van der Waals surface area contributed by atoms with Gasteiger partial charge in [-0.05, 0) is 89.8 Å². The third-order valence-corrected chi connectivity index (χ3v) is 8.82. The van der Waals surface area contributed by atoms with E-state index in [1.807, 2.05) is 63.2 Å². The minimum Gasteiger partial charge on any atom is -0.456 e. The van der Waals surface area contributed by atoms with Gasteiger partial charge in [-0.3, -0.25) is 0 Å². The summed E-state index contributed by atoms with van der Waals surface area (Å²) < 4.78 is 18.0. The number of esters is 1. The molecular weight excluding hydrogens is 535 g/mol. The van der Waals surface area contributed by atoms with Crippen molar-refractivity contribution in [3.63, 3.8) is 0 Å². The Bertz CT molecular complexity index is 1350. The molecule has 39 heavy (non-hydrogen) atoms. The zero-order valence-corrected chi connectivity index (χ0v) is 24.3. The van der Waals surface area contributed by atoms with Gasteiger partial charge in [-0.2, -0.15) is 0 Å². The zero-order chi connectivity index (χ0) is 27.5. The number of carbonyl (C=O) groups is 1. The smallest absolute Gasteiger partial charge is 0.338 e. The molecule has 2 saturated carbocycles. The molecule has 206 valence electrons. The van der Waals surface area contributed by atoms with Crippen LogP contribution in [0.1, 0.15) is 81.0 Å². The standard InChI is InChI=1S/C31H34Cl2N2O4/c1-17-22-14-21(35(17)20-12-10-19(11-13-20)30(36)38-31(2,3)4)15-26(22)37-16-23-28(34-39-29(23)18-8-9-18)27-24(32)6-5-7-25(27)33/h5-7,10-13,17-18,21-22,26H,8-9,14-16H2,1-4H3. The molecule has 8 heteroatoms. The Balaban J connectivity index is 1.15. The van der Waals surface area contributed by atoms with E-state index in [2.05, 4.69) is 17.0 Å². The molecule has 3 aliphatic rings. The van der Waals surface area contributed by atoms with Gasteiger partial charge in [-0.15, -0.1) is 0 Å². The van der Waals surface area contributed by atoms with Gasteiger partial charge in [0, 0.05) is 40.7 Å². The molecule has 4 atom stereocenters. The number of nitrogens with zero attached hydrogens (tertiary/aromatic N) is 2. The molecule has 2 aromatic carbocycles. The van der Waals surface area contributed by atoms with Crippen LogP contribution in [0.4, 0.5) is 5.69 Å². The van der Waals surface area contributed by atoms with Crippen molar-refractivity contribution in [2.45, 2.75) is 89.7 Å². The highest BCUT2D eigenvalue weighted by molar-refractivity contribution is 6.39. The summed E-state index contributed by atoms with van der Waals surface area (Å²) in [6.07, 6.45) is 4.39. The summed E-state index contributed by atoms with van der Waals surface area (Å²) in [4.78, 5) is 14.9. The fourth-order valence-corrected chi connectivity index (χ4v) is 6.84. The average molecular weight is 570 g/mol. The number of fused-ring (bicyclic) bond motifs is 2. The number of anilines is 1. The van der Waals surface area contributed by atoms with E-state index >= 15 is 0 Å². The molecule has 1 aliphatic heterocycles. The fraction of sp³-hybridized carbons (Fsp3) is 0.484. The molecule has 0 spiro atoms. The first-order valence-corrected chi connectivity index (χ1v) is 14.5. The van der Waals surface area contributed by atoms with Gasteiger partial charge in [-0.25, -0.2) is 4.79 Å². The second-order valence-corrected chi connectivity index (χ2v) is 12.9. The number of ether oxygens (including phenoxy) is 2. The van der Waals surface area contributed by atoms with Crippen LogP contribution in [-0.2, 0) is 16.1 Å². The van der Waals surface area contributed by atoms with E-state index in [9.17, 15) is 4.79 Å². The first-order valence-electron chi connectivity index (χ1n) is 13.8. The van der Waals surface area contributed by atoms with Gasteiger partial charge >= 0.3 is 5.97 Å². The Morgan fingerprint density at radius 2 is 1.77 bits per heavy atom. The first kappa shape index (κ1) is 26.7. The molecule has 3 fully saturated rings. The van der Waals surface area contributed by atoms with Gasteiger partial charge in [0.05, 0.1) is 28.3 Å². The Labute approximate surface area is 239 Å². The zero-order valence-electron chi connectivity index (χ0n) is 22.7. The molecule has 1 saturated heterocycles. The summed E-state index contributed by atoms with van der Waals surface area (Å²) in [6, 6.07) is 14.0. The highest BCUT2D eigenvalue weighted by Gasteiger charge is 2.50. The van der Waals surface area contributed by atoms with Gasteiger partial charge in [0.2, 0.25) is 0 Å². The lowest BCUT2D eigenvalue weighted by atomic mass is 9.96. The van der Waals surface area contributed by atoms with Crippen LogP contribution in [0, 0.1) is 5.92 Å². The van der Waals surface area contributed by atoms with Crippen molar-refractivity contribution >= 4 is 34.9 Å². The van der Waals surface area contributed by atoms with Crippen molar-refractivity contribution in [1.29, 1.82) is 0 Å². The van der Waals surface area contributed by atoms with Crippen molar-refractivity contribution in [2.75, 3.05) is 4.90 Å². The minimum absolute atomic E-state index is 0.152. The number of hydrogen-bond acceptors (Lipinski definition) is 6. The first-order chi connectivity index (χ1) is 18.6. The Morgan fingerprint density at radius 1 is 1.08 bits per heavy atom. The molecule has 2 aliphatic carbocycles. The Morgan fingerprint density at radius 3 is 2.38 bits per heavy atom. The molecule has 0 radical (unpaired) electrons. The normalized spacial score (nSPS) is 24.4. The molecule has 1 aromatic heterocycles. The van der Waals surface area contributed by atoms with Crippen LogP contribution in [0.3, 0.4) is 0 Å². The van der Waals surface area contributed by atoms with E-state index in [0.29, 0.717) is 57.4 Å². The lowest BCUT2D eigenvalue weighted by Crippen LogP contribution is -2.45. The molecule has 6 nitrogen and oxygen atoms in total. The van der Waals surface area contributed by atoms with Gasteiger partial charge in [0.1, 0.15) is 17.1 Å². The summed E-state index contributed by atoms with van der Waals surface area (Å²) in [5.74, 6) is 1.42. The molecule has 0 N–H and O–H groups in total. The lowest BCUT2D eigenvalue weighted by molar-refractivity contribution is 0.00366. The highest BCUT2D eigenvalue weighted by atomic mass is 35.5. The van der Waals surface area contributed by atoms with Crippen LogP contribution in [0.2, 0.25) is 10.0 Å². The van der Waals surface area contributed by atoms with Crippen LogP contribution in [0.15, 0.2) is 47.0 Å². The van der Waals surface area contributed by atoms with Gasteiger partial charge < -0.3 is 18.9 Å². The number of aromatic nitrogens is 1. The second kappa shape index (κ2) is 10.1. The second-order valence-electron chi connectivity index (χ2n) is 12.1. The Kier molecular flexibility index (Phi) is 6.93. The number of rotatable bonds is 7. The van der Waals surface area contributed by atoms with E-state index in [1.165, 1.54) is 0 Å². The van der Waals surface area contributed by atoms with Crippen molar-refractivity contribution in [1.82, 2.24) is 5.16 Å². The molecule has 2 heterocycles. The number of halogens is 2. The van der Waals surface area contributed by atoms with Crippen LogP contribution in [-0.4, -0.2) is 34.9 Å². The van der Waals surface area contributed by atoms with Crippen LogP contribution < -0.4 is 4.90 Å². The van der Waals surface area contributed by atoms with E-state index in [-0.39, 0.29) is 12.1 Å². The molecule has 0 amide bonds. The molecular formula is C31H34Cl2N2O4. The van der Waals surface area contributed by atoms with Gasteiger partial charge in [-0.1, -0.05) is 34.4 Å². The molecule has 4 unspecified atom stereocenters. The van der Waals surface area contributed by atoms with E-state index in [1.54, 1.807) is 0 Å². The van der Waals surface area contributed by atoms with E-state index in [4.69, 9.17) is 37.2 Å². The van der Waals surface area contributed by atoms with Crippen LogP contribution in [0.25, 0.3) is 11.3 Å². The van der Waals surface area contributed by atoms with Crippen LogP contribution in [0.5, 0.6) is 0 Å². The fourth-order valence-electron chi connectivity index (χ4n) is 6.26. The van der Waals surface area contributed by atoms with Gasteiger partial charge in [0.25, 0.3) is 0 Å². The maximum Gasteiger partial charge on any atom is 0.338 e. The minimum atomic E-state index is -0.514. The summed E-state index contributed by atoms with van der Waals surface area (Å²) in [7, 11) is 0. The quantitative estimate of drug-likeness (QED) is 0.268. The SMILES string of the molecule is CC1C2CC(CC2OCc2c(-c3c(Cl)cccc3Cl)noc2C2CC2)N1c1ccc(C(=O)OC(C)(C)C)cc1. The predicted octanol–water partition coefficient (Wildman–Crippen LogP) is 8.05. The summed E-state index contributed by atoms with van der Waals surface area (Å²) in [5.41, 5.74) is 3.55. The van der Waals surface area contributed by atoms with E-state index < -0.39 is 5.60 Å². The van der Waals surface area contributed by atoms with Gasteiger partial charge in [0.15, 0.2) is 0 Å². The van der Waals surface area contributed by atoms with Crippen LogP contribution >= 0.6 is 23.2 Å². The molecule has 3 aromatic rings. The predicted molar refractivity (Wildman–Crippen MR) is 153 cm³/mol. The third kappa shape index (κ3) is 5.19. The monoisotopic (exact) mass is 568 g/mol. The number of benzene rings is 2. The number of piperidine rings is 1. The third-order valence-electron chi connectivity index (χ3n) is 8.19. The maximum atomic E-state index is 12.4. The maximum absolute atomic E-state index is 12.4. The summed E-state index contributed by atoms with van der Waals surface area (Å²) >= 11 is 13.1. The number of hydrogen-bond donors (Lipinski definition) is 0. The molecule has 2 bridgehead atoms. The highest BCUT2D eigenvalue weighted by Crippen LogP contribution is 2.49. The number of carbonyl (C=O) groups excluding carboxylic acids is 1. The van der Waals surface area contributed by atoms with Crippen molar-refractivity contribution in [2.24, 2.45) is 5.92 Å². The summed E-state index contributed by atoms with van der Waals surface area (Å²) in [5, 5.41) is 5.52.